The van der Waals surface area contributed by atoms with Crippen LogP contribution < -0.4 is 0 Å². The van der Waals surface area contributed by atoms with Crippen molar-refractivity contribution in [2.75, 3.05) is 27.3 Å². The molecule has 0 amide bonds. The first-order valence-corrected chi connectivity index (χ1v) is 5.07. The number of hydrogen-bond donors (Lipinski definition) is 0. The summed E-state index contributed by atoms with van der Waals surface area (Å²) in [5.41, 5.74) is 0. The average Bonchev–Trinajstić information content (AvgIpc) is 2.17. The number of ether oxygens (including phenoxy) is 2. The summed E-state index contributed by atoms with van der Waals surface area (Å²) in [6.07, 6.45) is 3.91. The van der Waals surface area contributed by atoms with Gasteiger partial charge in [0.15, 0.2) is 6.29 Å². The van der Waals surface area contributed by atoms with E-state index in [9.17, 15) is 0 Å². The van der Waals surface area contributed by atoms with E-state index in [4.69, 9.17) is 9.47 Å². The molecule has 78 valence electrons. The predicted molar refractivity (Wildman–Crippen MR) is 52.7 cm³/mol. The number of rotatable bonds is 4. The Morgan fingerprint density at radius 2 is 2.00 bits per heavy atom. The predicted octanol–water partition coefficient (Wildman–Crippen LogP) is 1.48. The molecule has 3 heteroatoms. The Labute approximate surface area is 81.0 Å². The van der Waals surface area contributed by atoms with Gasteiger partial charge in [-0.15, -0.1) is 0 Å². The summed E-state index contributed by atoms with van der Waals surface area (Å²) in [4.78, 5) is 2.45. The molecule has 1 saturated heterocycles. The number of piperidine rings is 1. The quantitative estimate of drug-likeness (QED) is 0.622. The Morgan fingerprint density at radius 3 is 2.54 bits per heavy atom. The average molecular weight is 187 g/mol. The van der Waals surface area contributed by atoms with E-state index in [2.05, 4.69) is 11.8 Å². The number of hydrogen-bond acceptors (Lipinski definition) is 3. The van der Waals surface area contributed by atoms with Crippen LogP contribution in [0.2, 0.25) is 0 Å². The van der Waals surface area contributed by atoms with Crippen molar-refractivity contribution in [1.29, 1.82) is 0 Å². The van der Waals surface area contributed by atoms with Gasteiger partial charge in [-0.2, -0.15) is 0 Å². The molecule has 1 atom stereocenters. The molecule has 1 fully saturated rings. The van der Waals surface area contributed by atoms with E-state index in [0.717, 1.165) is 6.54 Å². The van der Waals surface area contributed by atoms with Gasteiger partial charge in [0.2, 0.25) is 0 Å². The second kappa shape index (κ2) is 5.58. The highest BCUT2D eigenvalue weighted by Gasteiger charge is 2.21. The molecule has 1 aliphatic rings. The van der Waals surface area contributed by atoms with Crippen molar-refractivity contribution >= 4 is 0 Å². The van der Waals surface area contributed by atoms with E-state index < -0.39 is 0 Å². The largest absolute Gasteiger partial charge is 0.355 e. The molecule has 1 unspecified atom stereocenters. The lowest BCUT2D eigenvalue weighted by Gasteiger charge is -2.34. The van der Waals surface area contributed by atoms with Crippen LogP contribution >= 0.6 is 0 Å². The van der Waals surface area contributed by atoms with E-state index >= 15 is 0 Å². The molecule has 0 aromatic rings. The lowest BCUT2D eigenvalue weighted by atomic mass is 10.0. The minimum atomic E-state index is -0.0689. The Kier molecular flexibility index (Phi) is 4.70. The molecular weight excluding hydrogens is 166 g/mol. The van der Waals surface area contributed by atoms with E-state index in [1.54, 1.807) is 14.2 Å². The minimum absolute atomic E-state index is 0.0689. The number of nitrogens with zero attached hydrogens (tertiary/aromatic N) is 1. The summed E-state index contributed by atoms with van der Waals surface area (Å²) in [5, 5.41) is 0. The third-order valence-electron chi connectivity index (χ3n) is 2.85. The van der Waals surface area contributed by atoms with Crippen molar-refractivity contribution in [3.8, 4) is 0 Å². The highest BCUT2D eigenvalue weighted by Crippen LogP contribution is 2.16. The van der Waals surface area contributed by atoms with Crippen LogP contribution in [0.25, 0.3) is 0 Å². The van der Waals surface area contributed by atoms with Crippen LogP contribution in [0.1, 0.15) is 26.2 Å². The van der Waals surface area contributed by atoms with Crippen LogP contribution in [0, 0.1) is 0 Å². The lowest BCUT2D eigenvalue weighted by Crippen LogP contribution is -2.43. The van der Waals surface area contributed by atoms with E-state index in [0.29, 0.717) is 6.04 Å². The van der Waals surface area contributed by atoms with Crippen molar-refractivity contribution in [2.45, 2.75) is 38.5 Å². The number of methoxy groups -OCH3 is 2. The lowest BCUT2D eigenvalue weighted by molar-refractivity contribution is -0.122. The molecule has 0 saturated carbocycles. The summed E-state index contributed by atoms with van der Waals surface area (Å²) < 4.78 is 10.4. The fraction of sp³-hybridized carbons (Fsp3) is 1.00. The third-order valence-corrected chi connectivity index (χ3v) is 2.85. The molecule has 0 N–H and O–H groups in total. The molecular formula is C10H21NO2. The Morgan fingerprint density at radius 1 is 1.31 bits per heavy atom. The summed E-state index contributed by atoms with van der Waals surface area (Å²) >= 11 is 0. The maximum Gasteiger partial charge on any atom is 0.169 e. The first-order valence-electron chi connectivity index (χ1n) is 5.07. The van der Waals surface area contributed by atoms with Gasteiger partial charge < -0.3 is 9.47 Å². The first kappa shape index (κ1) is 11.0. The van der Waals surface area contributed by atoms with Crippen molar-refractivity contribution in [1.82, 2.24) is 4.90 Å². The van der Waals surface area contributed by atoms with Crippen molar-refractivity contribution in [2.24, 2.45) is 0 Å². The fourth-order valence-electron chi connectivity index (χ4n) is 1.87. The van der Waals surface area contributed by atoms with Gasteiger partial charge in [-0.3, -0.25) is 4.90 Å². The van der Waals surface area contributed by atoms with Crippen molar-refractivity contribution in [3.63, 3.8) is 0 Å². The topological polar surface area (TPSA) is 21.7 Å². The zero-order valence-electron chi connectivity index (χ0n) is 8.95. The normalized spacial score (nSPS) is 25.4. The standard InChI is InChI=1S/C10H21NO2/c1-9-6-4-5-7-11(9)8-10(12-2)13-3/h9-10H,4-8H2,1-3H3. The molecule has 0 spiro atoms. The van der Waals surface area contributed by atoms with Crippen molar-refractivity contribution < 1.29 is 9.47 Å². The molecule has 0 aromatic heterocycles. The summed E-state index contributed by atoms with van der Waals surface area (Å²) in [5.74, 6) is 0. The van der Waals surface area contributed by atoms with Crippen LogP contribution in [0.15, 0.2) is 0 Å². The Balaban J connectivity index is 2.32. The van der Waals surface area contributed by atoms with Crippen LogP contribution in [0.3, 0.4) is 0 Å². The zero-order chi connectivity index (χ0) is 9.68. The molecule has 1 heterocycles. The van der Waals surface area contributed by atoms with Gasteiger partial charge in [0.05, 0.1) is 0 Å². The molecule has 1 aliphatic heterocycles. The maximum atomic E-state index is 5.19. The minimum Gasteiger partial charge on any atom is -0.355 e. The van der Waals surface area contributed by atoms with Crippen molar-refractivity contribution in [3.05, 3.63) is 0 Å². The van der Waals surface area contributed by atoms with Crippen LogP contribution in [0.5, 0.6) is 0 Å². The molecule has 1 rings (SSSR count). The smallest absolute Gasteiger partial charge is 0.169 e. The van der Waals surface area contributed by atoms with Gasteiger partial charge in [0.25, 0.3) is 0 Å². The van der Waals surface area contributed by atoms with Gasteiger partial charge in [0, 0.05) is 26.8 Å². The van der Waals surface area contributed by atoms with Gasteiger partial charge >= 0.3 is 0 Å². The Hall–Kier alpha value is -0.120. The van der Waals surface area contributed by atoms with Gasteiger partial charge in [-0.25, -0.2) is 0 Å². The maximum absolute atomic E-state index is 5.19. The first-order chi connectivity index (χ1) is 6.27. The van der Waals surface area contributed by atoms with Crippen LogP contribution in [0.4, 0.5) is 0 Å². The molecule has 0 aromatic carbocycles. The summed E-state index contributed by atoms with van der Waals surface area (Å²) in [6.45, 7) is 4.36. The second-order valence-electron chi connectivity index (χ2n) is 3.74. The van der Waals surface area contributed by atoms with Crippen LogP contribution in [-0.4, -0.2) is 44.5 Å². The van der Waals surface area contributed by atoms with Gasteiger partial charge in [-0.05, 0) is 26.3 Å². The van der Waals surface area contributed by atoms with Gasteiger partial charge in [0.1, 0.15) is 0 Å². The highest BCUT2D eigenvalue weighted by molar-refractivity contribution is 4.73. The molecule has 13 heavy (non-hydrogen) atoms. The SMILES string of the molecule is COC(CN1CCCCC1C)OC. The van der Waals surface area contributed by atoms with Gasteiger partial charge in [-0.1, -0.05) is 6.42 Å². The van der Waals surface area contributed by atoms with E-state index in [1.165, 1.54) is 25.8 Å². The second-order valence-corrected chi connectivity index (χ2v) is 3.74. The molecule has 0 bridgehead atoms. The third kappa shape index (κ3) is 3.25. The summed E-state index contributed by atoms with van der Waals surface area (Å²) in [6, 6.07) is 0.682. The molecule has 0 aliphatic carbocycles. The fourth-order valence-corrected chi connectivity index (χ4v) is 1.87. The number of likely N-dealkylation sites (tertiary alicyclic amines) is 1. The monoisotopic (exact) mass is 187 g/mol. The molecule has 0 radical (unpaired) electrons. The zero-order valence-corrected chi connectivity index (χ0v) is 8.95. The van der Waals surface area contributed by atoms with Crippen LogP contribution in [-0.2, 0) is 9.47 Å². The summed E-state index contributed by atoms with van der Waals surface area (Å²) in [7, 11) is 3.39. The molecule has 3 nitrogen and oxygen atoms in total. The van der Waals surface area contributed by atoms with E-state index in [1.807, 2.05) is 0 Å². The van der Waals surface area contributed by atoms with E-state index in [-0.39, 0.29) is 6.29 Å². The highest BCUT2D eigenvalue weighted by atomic mass is 16.7. The Bertz CT molecular complexity index is 137.